The number of aryl methyl sites for hydroxylation is 2. The number of fused-ring (bicyclic) bond motifs is 3. The largest absolute Gasteiger partial charge is 0.496 e. The first kappa shape index (κ1) is 19.7. The molecule has 0 unspecified atom stereocenters. The third kappa shape index (κ3) is 2.76. The van der Waals surface area contributed by atoms with Crippen LogP contribution in [0.4, 0.5) is 4.39 Å². The van der Waals surface area contributed by atoms with Gasteiger partial charge in [0.25, 0.3) is 0 Å². The molecule has 0 spiro atoms. The summed E-state index contributed by atoms with van der Waals surface area (Å²) in [5.74, 6) is 0.0648. The summed E-state index contributed by atoms with van der Waals surface area (Å²) < 4.78 is 28.3. The van der Waals surface area contributed by atoms with E-state index < -0.39 is 11.5 Å². The van der Waals surface area contributed by atoms with Gasteiger partial charge in [0, 0.05) is 41.9 Å². The Morgan fingerprint density at radius 1 is 1.06 bits per heavy atom. The van der Waals surface area contributed by atoms with Crippen molar-refractivity contribution in [3.63, 3.8) is 0 Å². The van der Waals surface area contributed by atoms with Gasteiger partial charge in [-0.05, 0) is 13.0 Å². The first-order valence-corrected chi connectivity index (χ1v) is 9.73. The number of rotatable bonds is 4. The Balaban J connectivity index is 1.92. The summed E-state index contributed by atoms with van der Waals surface area (Å²) in [4.78, 5) is 21.8. The van der Waals surface area contributed by atoms with E-state index in [4.69, 9.17) is 9.47 Å². The highest BCUT2D eigenvalue weighted by atomic mass is 19.1. The van der Waals surface area contributed by atoms with Gasteiger partial charge in [-0.2, -0.15) is 5.10 Å². The molecule has 0 aliphatic carbocycles. The molecule has 5 aromatic rings. The van der Waals surface area contributed by atoms with Gasteiger partial charge in [-0.15, -0.1) is 0 Å². The number of hydrogen-bond donors (Lipinski definition) is 1. The third-order valence-electron chi connectivity index (χ3n) is 5.57. The molecule has 4 aromatic heterocycles. The summed E-state index contributed by atoms with van der Waals surface area (Å²) in [5.41, 5.74) is 3.58. The molecule has 0 amide bonds. The Bertz CT molecular complexity index is 1570. The van der Waals surface area contributed by atoms with Gasteiger partial charge in [0.15, 0.2) is 11.6 Å². The van der Waals surface area contributed by atoms with E-state index in [0.29, 0.717) is 27.7 Å². The minimum absolute atomic E-state index is 0.120. The minimum atomic E-state index is -0.677. The Morgan fingerprint density at radius 2 is 1.88 bits per heavy atom. The maximum absolute atomic E-state index is 15.0. The van der Waals surface area contributed by atoms with Crippen molar-refractivity contribution in [2.75, 3.05) is 14.2 Å². The van der Waals surface area contributed by atoms with E-state index in [9.17, 15) is 9.18 Å². The van der Waals surface area contributed by atoms with Crippen molar-refractivity contribution in [2.24, 2.45) is 7.05 Å². The summed E-state index contributed by atoms with van der Waals surface area (Å²) in [7, 11) is 4.61. The number of aromatic nitrogens is 6. The van der Waals surface area contributed by atoms with Crippen molar-refractivity contribution >= 4 is 21.9 Å². The van der Waals surface area contributed by atoms with E-state index >= 15 is 0 Å². The molecule has 0 saturated heterocycles. The molecule has 0 fully saturated rings. The van der Waals surface area contributed by atoms with E-state index in [1.54, 1.807) is 32.6 Å². The number of imidazole rings is 1. The number of nitrogens with zero attached hydrogens (tertiary/aromatic N) is 5. The van der Waals surface area contributed by atoms with Crippen LogP contribution in [0.1, 0.15) is 5.69 Å². The normalized spacial score (nSPS) is 11.4. The maximum Gasteiger partial charge on any atom is 0.334 e. The fourth-order valence-electron chi connectivity index (χ4n) is 3.92. The standard InChI is InChI=1S/C22H19FN6O3/c1-11-15(9-26-27-11)13-6-14-17(7-19(13)32-4)24-10-18-20(14)29(22(30)28(18)2)21-16(23)5-12(31-3)8-25-21/h5-10H,1-4H3,(H,26,27). The van der Waals surface area contributed by atoms with Crippen LogP contribution in [0.2, 0.25) is 0 Å². The zero-order valence-electron chi connectivity index (χ0n) is 17.8. The van der Waals surface area contributed by atoms with E-state index in [2.05, 4.69) is 20.2 Å². The molecule has 0 saturated carbocycles. The summed E-state index contributed by atoms with van der Waals surface area (Å²) in [6, 6.07) is 4.86. The summed E-state index contributed by atoms with van der Waals surface area (Å²) >= 11 is 0. The van der Waals surface area contributed by atoms with Gasteiger partial charge >= 0.3 is 5.69 Å². The molecule has 0 bridgehead atoms. The first-order chi connectivity index (χ1) is 15.4. The third-order valence-corrected chi connectivity index (χ3v) is 5.57. The maximum atomic E-state index is 15.0. The summed E-state index contributed by atoms with van der Waals surface area (Å²) in [6.07, 6.45) is 4.73. The number of H-pyrrole nitrogens is 1. The number of nitrogens with one attached hydrogen (secondary N) is 1. The van der Waals surface area contributed by atoms with Crippen LogP contribution in [-0.4, -0.2) is 43.5 Å². The number of ether oxygens (including phenoxy) is 2. The van der Waals surface area contributed by atoms with E-state index in [-0.39, 0.29) is 11.6 Å². The molecule has 0 aliphatic heterocycles. The highest BCUT2D eigenvalue weighted by molar-refractivity contribution is 6.05. The van der Waals surface area contributed by atoms with Gasteiger partial charge in [-0.25, -0.2) is 18.7 Å². The van der Waals surface area contributed by atoms with Gasteiger partial charge in [0.2, 0.25) is 0 Å². The minimum Gasteiger partial charge on any atom is -0.496 e. The zero-order chi connectivity index (χ0) is 22.6. The van der Waals surface area contributed by atoms with Crippen LogP contribution < -0.4 is 15.2 Å². The van der Waals surface area contributed by atoms with Crippen LogP contribution in [0.3, 0.4) is 0 Å². The van der Waals surface area contributed by atoms with Crippen molar-refractivity contribution in [3.05, 3.63) is 58.8 Å². The number of halogens is 1. The molecule has 10 heteroatoms. The first-order valence-electron chi connectivity index (χ1n) is 9.73. The second kappa shape index (κ2) is 7.19. The van der Waals surface area contributed by atoms with Crippen LogP contribution in [0.5, 0.6) is 11.5 Å². The Hall–Kier alpha value is -4.21. The van der Waals surface area contributed by atoms with Crippen LogP contribution >= 0.6 is 0 Å². The lowest BCUT2D eigenvalue weighted by atomic mass is 10.0. The van der Waals surface area contributed by atoms with Crippen molar-refractivity contribution in [3.8, 4) is 28.4 Å². The summed E-state index contributed by atoms with van der Waals surface area (Å²) in [5, 5.41) is 7.69. The number of aromatic amines is 1. The monoisotopic (exact) mass is 434 g/mol. The van der Waals surface area contributed by atoms with Gasteiger partial charge in [0.05, 0.1) is 48.9 Å². The average molecular weight is 434 g/mol. The SMILES string of the molecule is COc1cnc(-n2c(=O)n(C)c3cnc4cc(OC)c(-c5c[nH]nc5C)cc4c32)c(F)c1. The van der Waals surface area contributed by atoms with Gasteiger partial charge in [0.1, 0.15) is 11.5 Å². The van der Waals surface area contributed by atoms with Crippen molar-refractivity contribution in [2.45, 2.75) is 6.92 Å². The smallest absolute Gasteiger partial charge is 0.334 e. The molecule has 4 heterocycles. The van der Waals surface area contributed by atoms with Crippen LogP contribution in [0.25, 0.3) is 38.9 Å². The molecule has 1 N–H and O–H groups in total. The van der Waals surface area contributed by atoms with E-state index in [0.717, 1.165) is 16.8 Å². The molecule has 0 radical (unpaired) electrons. The molecular weight excluding hydrogens is 415 g/mol. The molecule has 1 aromatic carbocycles. The molecular formula is C22H19FN6O3. The molecule has 0 atom stereocenters. The second-order valence-electron chi connectivity index (χ2n) is 7.30. The molecule has 32 heavy (non-hydrogen) atoms. The Labute approximate surface area is 181 Å². The number of methoxy groups -OCH3 is 2. The molecule has 9 nitrogen and oxygen atoms in total. The highest BCUT2D eigenvalue weighted by Crippen LogP contribution is 2.37. The lowest BCUT2D eigenvalue weighted by Gasteiger charge is -2.12. The topological polar surface area (TPSA) is 99.9 Å². The number of pyridine rings is 2. The highest BCUT2D eigenvalue weighted by Gasteiger charge is 2.22. The van der Waals surface area contributed by atoms with Gasteiger partial charge < -0.3 is 9.47 Å². The van der Waals surface area contributed by atoms with E-state index in [1.807, 2.05) is 13.0 Å². The zero-order valence-corrected chi connectivity index (χ0v) is 17.8. The average Bonchev–Trinajstić information content (AvgIpc) is 3.34. The van der Waals surface area contributed by atoms with Crippen molar-refractivity contribution < 1.29 is 13.9 Å². The predicted octanol–water partition coefficient (Wildman–Crippen LogP) is 3.13. The quantitative estimate of drug-likeness (QED) is 0.467. The lowest BCUT2D eigenvalue weighted by molar-refractivity contribution is 0.408. The van der Waals surface area contributed by atoms with Crippen LogP contribution in [-0.2, 0) is 7.05 Å². The molecule has 0 aliphatic rings. The summed E-state index contributed by atoms with van der Waals surface area (Å²) in [6.45, 7) is 1.88. The van der Waals surface area contributed by atoms with Gasteiger partial charge in [-0.1, -0.05) is 0 Å². The fourth-order valence-corrected chi connectivity index (χ4v) is 3.92. The van der Waals surface area contributed by atoms with Gasteiger partial charge in [-0.3, -0.25) is 14.6 Å². The number of benzene rings is 1. The van der Waals surface area contributed by atoms with E-state index in [1.165, 1.54) is 28.5 Å². The molecule has 5 rings (SSSR count). The van der Waals surface area contributed by atoms with Crippen molar-refractivity contribution in [1.82, 2.24) is 29.3 Å². The second-order valence-corrected chi connectivity index (χ2v) is 7.30. The Morgan fingerprint density at radius 3 is 2.53 bits per heavy atom. The van der Waals surface area contributed by atoms with Crippen LogP contribution in [0, 0.1) is 12.7 Å². The fraction of sp³-hybridized carbons (Fsp3) is 0.182. The lowest BCUT2D eigenvalue weighted by Crippen LogP contribution is -2.22. The van der Waals surface area contributed by atoms with Crippen molar-refractivity contribution in [1.29, 1.82) is 0 Å². The number of hydrogen-bond acceptors (Lipinski definition) is 6. The molecule has 162 valence electrons. The van der Waals surface area contributed by atoms with Crippen LogP contribution in [0.15, 0.2) is 41.6 Å². The Kier molecular flexibility index (Phi) is 4.43. The predicted molar refractivity (Wildman–Crippen MR) is 117 cm³/mol.